The average molecular weight is 518 g/mol. The summed E-state index contributed by atoms with van der Waals surface area (Å²) >= 11 is 19.1. The number of rotatable bonds is 4. The van der Waals surface area contributed by atoms with E-state index in [1.807, 2.05) is 19.1 Å². The van der Waals surface area contributed by atoms with Crippen LogP contribution in [-0.2, 0) is 12.8 Å². The second-order valence-corrected chi connectivity index (χ2v) is 9.40. The van der Waals surface area contributed by atoms with Crippen molar-refractivity contribution in [2.24, 2.45) is 0 Å². The Labute approximate surface area is 213 Å². The van der Waals surface area contributed by atoms with Crippen molar-refractivity contribution in [1.82, 2.24) is 5.32 Å². The Kier molecular flexibility index (Phi) is 7.36. The van der Waals surface area contributed by atoms with Crippen LogP contribution in [0.5, 0.6) is 11.5 Å². The first-order valence-electron chi connectivity index (χ1n) is 10.9. The van der Waals surface area contributed by atoms with E-state index in [0.29, 0.717) is 22.0 Å². The molecular weight excluding hydrogens is 495 g/mol. The molecule has 0 atom stereocenters. The Balaban J connectivity index is 1.55. The van der Waals surface area contributed by atoms with Gasteiger partial charge in [-0.1, -0.05) is 46.9 Å². The molecule has 0 bridgehead atoms. The quantitative estimate of drug-likeness (QED) is 0.370. The summed E-state index contributed by atoms with van der Waals surface area (Å²) in [6, 6.07) is 11.3. The summed E-state index contributed by atoms with van der Waals surface area (Å²) in [4.78, 5) is 24.8. The zero-order chi connectivity index (χ0) is 24.4. The van der Waals surface area contributed by atoms with Gasteiger partial charge in [0.25, 0.3) is 5.91 Å². The molecule has 1 aliphatic carbocycles. The smallest absolute Gasteiger partial charge is 0.326 e. The lowest BCUT2D eigenvalue weighted by atomic mass is 9.91. The number of imide groups is 1. The van der Waals surface area contributed by atoms with Crippen molar-refractivity contribution in [2.75, 3.05) is 5.32 Å². The summed E-state index contributed by atoms with van der Waals surface area (Å²) in [5.74, 6) is 0.663. The van der Waals surface area contributed by atoms with Crippen molar-refractivity contribution in [3.05, 3.63) is 85.3 Å². The predicted molar refractivity (Wildman–Crippen MR) is 137 cm³/mol. The maximum absolute atomic E-state index is 12.5. The third-order valence-electron chi connectivity index (χ3n) is 5.89. The first-order chi connectivity index (χ1) is 16.3. The molecule has 1 aliphatic rings. The second-order valence-electron chi connectivity index (χ2n) is 8.21. The van der Waals surface area contributed by atoms with Crippen LogP contribution < -0.4 is 15.4 Å². The van der Waals surface area contributed by atoms with Gasteiger partial charge in [-0.05, 0) is 92.1 Å². The third kappa shape index (κ3) is 5.02. The lowest BCUT2D eigenvalue weighted by Gasteiger charge is -2.22. The van der Waals surface area contributed by atoms with Crippen molar-refractivity contribution in [3.8, 4) is 11.5 Å². The first-order valence-corrected chi connectivity index (χ1v) is 12.0. The number of halogens is 3. The third-order valence-corrected chi connectivity index (χ3v) is 7.03. The van der Waals surface area contributed by atoms with Crippen molar-refractivity contribution < 1.29 is 14.3 Å². The van der Waals surface area contributed by atoms with Gasteiger partial charge in [-0.25, -0.2) is 4.79 Å². The molecule has 0 aliphatic heterocycles. The maximum Gasteiger partial charge on any atom is 0.326 e. The number of aryl methyl sites for hydroxylation is 1. The highest BCUT2D eigenvalue weighted by Crippen LogP contribution is 2.42. The van der Waals surface area contributed by atoms with Gasteiger partial charge in [-0.15, -0.1) is 0 Å². The average Bonchev–Trinajstić information content (AvgIpc) is 2.82. The number of anilines is 1. The minimum atomic E-state index is -0.691. The van der Waals surface area contributed by atoms with Crippen molar-refractivity contribution in [1.29, 1.82) is 0 Å². The van der Waals surface area contributed by atoms with Gasteiger partial charge in [-0.3, -0.25) is 10.1 Å². The van der Waals surface area contributed by atoms with Gasteiger partial charge < -0.3 is 10.1 Å². The minimum absolute atomic E-state index is 0.209. The van der Waals surface area contributed by atoms with E-state index >= 15 is 0 Å². The van der Waals surface area contributed by atoms with Crippen LogP contribution in [0.25, 0.3) is 0 Å². The Morgan fingerprint density at radius 3 is 2.35 bits per heavy atom. The molecule has 176 valence electrons. The van der Waals surface area contributed by atoms with Gasteiger partial charge in [0, 0.05) is 10.7 Å². The number of amides is 3. The summed E-state index contributed by atoms with van der Waals surface area (Å²) in [5.41, 5.74) is 4.28. The molecule has 3 amide bonds. The van der Waals surface area contributed by atoms with E-state index in [9.17, 15) is 9.59 Å². The number of hydrogen-bond acceptors (Lipinski definition) is 3. The Morgan fingerprint density at radius 1 is 0.912 bits per heavy atom. The lowest BCUT2D eigenvalue weighted by Crippen LogP contribution is -2.34. The van der Waals surface area contributed by atoms with Crippen LogP contribution in [0.1, 0.15) is 45.5 Å². The van der Waals surface area contributed by atoms with E-state index in [-0.39, 0.29) is 10.6 Å². The van der Waals surface area contributed by atoms with Crippen LogP contribution in [0.3, 0.4) is 0 Å². The van der Waals surface area contributed by atoms with Crippen LogP contribution in [0.4, 0.5) is 10.5 Å². The van der Waals surface area contributed by atoms with Gasteiger partial charge in [-0.2, -0.15) is 0 Å². The molecule has 4 rings (SSSR count). The first kappa shape index (κ1) is 24.4. The molecule has 0 fully saturated rings. The molecule has 5 nitrogen and oxygen atoms in total. The molecule has 3 aromatic carbocycles. The number of carbonyl (C=O) groups is 2. The van der Waals surface area contributed by atoms with Gasteiger partial charge in [0.1, 0.15) is 11.5 Å². The van der Waals surface area contributed by atoms with Gasteiger partial charge in [0.05, 0.1) is 15.6 Å². The number of ether oxygens (including phenoxy) is 1. The largest absolute Gasteiger partial charge is 0.455 e. The molecule has 0 aromatic heterocycles. The number of carbonyl (C=O) groups excluding carboxylic acids is 2. The van der Waals surface area contributed by atoms with E-state index in [4.69, 9.17) is 39.5 Å². The highest BCUT2D eigenvalue weighted by molar-refractivity contribution is 6.34. The van der Waals surface area contributed by atoms with Crippen LogP contribution >= 0.6 is 34.8 Å². The molecule has 8 heteroatoms. The summed E-state index contributed by atoms with van der Waals surface area (Å²) < 4.78 is 6.28. The van der Waals surface area contributed by atoms with E-state index < -0.39 is 11.9 Å². The van der Waals surface area contributed by atoms with Gasteiger partial charge in [0.2, 0.25) is 0 Å². The Hall–Kier alpha value is -2.73. The molecule has 0 unspecified atom stereocenters. The number of urea groups is 1. The fraction of sp³-hybridized carbons (Fsp3) is 0.231. The second kappa shape index (κ2) is 10.3. The Morgan fingerprint density at radius 2 is 1.62 bits per heavy atom. The lowest BCUT2D eigenvalue weighted by molar-refractivity contribution is 0.0967. The van der Waals surface area contributed by atoms with Gasteiger partial charge >= 0.3 is 6.03 Å². The highest BCUT2D eigenvalue weighted by Gasteiger charge is 2.21. The monoisotopic (exact) mass is 516 g/mol. The van der Waals surface area contributed by atoms with Crippen LogP contribution in [0, 0.1) is 13.8 Å². The molecule has 0 saturated carbocycles. The summed E-state index contributed by atoms with van der Waals surface area (Å²) in [6.45, 7) is 3.62. The number of nitrogens with one attached hydrogen (secondary N) is 2. The van der Waals surface area contributed by atoms with E-state index in [2.05, 4.69) is 10.6 Å². The van der Waals surface area contributed by atoms with E-state index in [1.165, 1.54) is 0 Å². The van der Waals surface area contributed by atoms with E-state index in [0.717, 1.165) is 53.1 Å². The molecule has 0 spiro atoms. The molecule has 0 radical (unpaired) electrons. The molecular formula is C26H23Cl3N2O3. The zero-order valence-corrected chi connectivity index (χ0v) is 21.0. The zero-order valence-electron chi connectivity index (χ0n) is 18.7. The molecule has 0 saturated heterocycles. The van der Waals surface area contributed by atoms with Crippen molar-refractivity contribution in [2.45, 2.75) is 39.5 Å². The summed E-state index contributed by atoms with van der Waals surface area (Å²) in [6.07, 6.45) is 4.03. The summed E-state index contributed by atoms with van der Waals surface area (Å²) in [7, 11) is 0. The van der Waals surface area contributed by atoms with Crippen molar-refractivity contribution in [3.63, 3.8) is 0 Å². The number of hydrogen-bond donors (Lipinski definition) is 2. The molecule has 0 heterocycles. The molecule has 34 heavy (non-hydrogen) atoms. The normalized spacial score (nSPS) is 12.6. The van der Waals surface area contributed by atoms with Crippen molar-refractivity contribution >= 4 is 52.4 Å². The number of benzene rings is 3. The SMILES string of the molecule is Cc1cc(NC(=O)NC(=O)c2ccccc2Cl)c(C)c(Cl)c1Oc1ccc(Cl)c2c1CCCC2. The fourth-order valence-electron chi connectivity index (χ4n) is 4.07. The topological polar surface area (TPSA) is 67.4 Å². The maximum atomic E-state index is 12.5. The summed E-state index contributed by atoms with van der Waals surface area (Å²) in [5, 5.41) is 6.38. The molecule has 3 aromatic rings. The van der Waals surface area contributed by atoms with Gasteiger partial charge in [0.15, 0.2) is 0 Å². The Bertz CT molecular complexity index is 1290. The van der Waals surface area contributed by atoms with E-state index in [1.54, 1.807) is 37.3 Å². The minimum Gasteiger partial charge on any atom is -0.455 e. The van der Waals surface area contributed by atoms with Crippen LogP contribution in [0.2, 0.25) is 15.1 Å². The predicted octanol–water partition coefficient (Wildman–Crippen LogP) is 7.90. The number of fused-ring (bicyclic) bond motifs is 1. The molecule has 2 N–H and O–H groups in total. The van der Waals surface area contributed by atoms with Crippen LogP contribution in [-0.4, -0.2) is 11.9 Å². The highest BCUT2D eigenvalue weighted by atomic mass is 35.5. The van der Waals surface area contributed by atoms with Crippen LogP contribution in [0.15, 0.2) is 42.5 Å². The standard InChI is InChI=1S/C26H23Cl3N2O3/c1-14-13-21(30-26(33)31-25(32)18-9-5-6-10-19(18)27)15(2)23(29)24(14)34-22-12-11-20(28)16-7-3-4-8-17(16)22/h5-6,9-13H,3-4,7-8H2,1-2H3,(H2,30,31,32,33). The fourth-order valence-corrected chi connectivity index (χ4v) is 4.86.